The number of thiazole rings is 1. The van der Waals surface area contributed by atoms with Gasteiger partial charge in [0.15, 0.2) is 4.96 Å². The van der Waals surface area contributed by atoms with Gasteiger partial charge in [0.2, 0.25) is 0 Å². The highest BCUT2D eigenvalue weighted by Crippen LogP contribution is 2.22. The van der Waals surface area contributed by atoms with Crippen LogP contribution >= 0.6 is 11.3 Å². The lowest BCUT2D eigenvalue weighted by Gasteiger charge is -2.19. The highest BCUT2D eigenvalue weighted by atomic mass is 32.1. The molecule has 5 heteroatoms. The Morgan fingerprint density at radius 1 is 1.29 bits per heavy atom. The van der Waals surface area contributed by atoms with Crippen molar-refractivity contribution in [1.82, 2.24) is 19.7 Å². The molecule has 3 aromatic rings. The van der Waals surface area contributed by atoms with Crippen LogP contribution < -0.4 is 5.32 Å². The molecule has 21 heavy (non-hydrogen) atoms. The molecule has 0 amide bonds. The van der Waals surface area contributed by atoms with E-state index < -0.39 is 0 Å². The fraction of sp³-hybridized carbons (Fsp3) is 0.375. The summed E-state index contributed by atoms with van der Waals surface area (Å²) < 4.78 is 2.09. The van der Waals surface area contributed by atoms with Gasteiger partial charge in [-0.3, -0.25) is 9.38 Å². The molecule has 1 atom stereocenters. The van der Waals surface area contributed by atoms with Crippen molar-refractivity contribution in [2.75, 3.05) is 6.54 Å². The maximum absolute atomic E-state index is 4.69. The molecule has 0 saturated carbocycles. The van der Waals surface area contributed by atoms with Gasteiger partial charge in [-0.1, -0.05) is 13.0 Å². The molecule has 0 aliphatic carbocycles. The van der Waals surface area contributed by atoms with Gasteiger partial charge in [-0.15, -0.1) is 11.3 Å². The lowest BCUT2D eigenvalue weighted by atomic mass is 10.0. The van der Waals surface area contributed by atoms with Crippen LogP contribution in [0.3, 0.4) is 0 Å². The summed E-state index contributed by atoms with van der Waals surface area (Å²) in [5.74, 6) is 0. The Kier molecular flexibility index (Phi) is 4.03. The maximum Gasteiger partial charge on any atom is 0.193 e. The topological polar surface area (TPSA) is 42.2 Å². The summed E-state index contributed by atoms with van der Waals surface area (Å²) in [5.41, 5.74) is 4.54. The number of hydrogen-bond acceptors (Lipinski definition) is 4. The first-order valence-corrected chi connectivity index (χ1v) is 8.14. The van der Waals surface area contributed by atoms with Crippen LogP contribution in [0.25, 0.3) is 4.96 Å². The Bertz CT molecular complexity index is 715. The van der Waals surface area contributed by atoms with Crippen LogP contribution in [0.2, 0.25) is 0 Å². The molecule has 0 bridgehead atoms. The number of hydrogen-bond donors (Lipinski definition) is 1. The maximum atomic E-state index is 4.69. The third-order valence-electron chi connectivity index (χ3n) is 3.65. The molecule has 0 fully saturated rings. The summed E-state index contributed by atoms with van der Waals surface area (Å²) in [6, 6.07) is 4.52. The summed E-state index contributed by atoms with van der Waals surface area (Å²) in [5, 5.41) is 5.62. The summed E-state index contributed by atoms with van der Waals surface area (Å²) in [4.78, 5) is 10.3. The molecule has 1 N–H and O–H groups in total. The molecule has 110 valence electrons. The van der Waals surface area contributed by atoms with E-state index in [0.717, 1.165) is 35.0 Å². The van der Waals surface area contributed by atoms with Crippen molar-refractivity contribution in [3.05, 3.63) is 52.6 Å². The fourth-order valence-corrected chi connectivity index (χ4v) is 3.41. The zero-order valence-corrected chi connectivity index (χ0v) is 13.4. The van der Waals surface area contributed by atoms with Crippen molar-refractivity contribution < 1.29 is 0 Å². The molecule has 1 unspecified atom stereocenters. The minimum atomic E-state index is 0.257. The van der Waals surface area contributed by atoms with E-state index in [1.165, 1.54) is 5.56 Å². The normalized spacial score (nSPS) is 12.9. The number of likely N-dealkylation sites (N-methyl/N-ethyl adjacent to an activating group) is 1. The molecule has 0 aliphatic rings. The number of aromatic nitrogens is 3. The Labute approximate surface area is 128 Å². The summed E-state index contributed by atoms with van der Waals surface area (Å²) in [6.07, 6.45) is 5.05. The molecule has 0 aliphatic heterocycles. The van der Waals surface area contributed by atoms with Crippen molar-refractivity contribution in [3.63, 3.8) is 0 Å². The van der Waals surface area contributed by atoms with Gasteiger partial charge >= 0.3 is 0 Å². The lowest BCUT2D eigenvalue weighted by Crippen LogP contribution is -2.24. The molecule has 0 saturated heterocycles. The third kappa shape index (κ3) is 2.99. The Morgan fingerprint density at radius 2 is 2.14 bits per heavy atom. The van der Waals surface area contributed by atoms with Crippen LogP contribution in [0.1, 0.15) is 35.6 Å². The van der Waals surface area contributed by atoms with Crippen LogP contribution in [-0.4, -0.2) is 20.9 Å². The quantitative estimate of drug-likeness (QED) is 0.786. The summed E-state index contributed by atoms with van der Waals surface area (Å²) >= 11 is 1.67. The molecule has 3 aromatic heterocycles. The SMILES string of the molecule is CCNC(Cc1cn2ccsc2n1)c1ccc(C)nc1C. The van der Waals surface area contributed by atoms with E-state index in [0.29, 0.717) is 0 Å². The standard InChI is InChI=1S/C16H20N4S/c1-4-17-15(14-6-5-11(2)18-12(14)3)9-13-10-20-7-8-21-16(20)19-13/h5-8,10,15,17H,4,9H2,1-3H3. The van der Waals surface area contributed by atoms with Crippen LogP contribution in [-0.2, 0) is 6.42 Å². The van der Waals surface area contributed by atoms with Gasteiger partial charge in [-0.2, -0.15) is 0 Å². The lowest BCUT2D eigenvalue weighted by molar-refractivity contribution is 0.540. The fourth-order valence-electron chi connectivity index (χ4n) is 2.69. The number of aryl methyl sites for hydroxylation is 2. The van der Waals surface area contributed by atoms with Crippen LogP contribution in [0, 0.1) is 13.8 Å². The van der Waals surface area contributed by atoms with Crippen molar-refractivity contribution in [2.24, 2.45) is 0 Å². The Morgan fingerprint density at radius 3 is 2.86 bits per heavy atom. The molecule has 4 nitrogen and oxygen atoms in total. The first-order chi connectivity index (χ1) is 10.2. The second kappa shape index (κ2) is 5.95. The predicted molar refractivity (Wildman–Crippen MR) is 86.9 cm³/mol. The minimum Gasteiger partial charge on any atom is -0.310 e. The van der Waals surface area contributed by atoms with E-state index in [1.807, 2.05) is 6.92 Å². The first kappa shape index (κ1) is 14.2. The Hall–Kier alpha value is -1.72. The predicted octanol–water partition coefficient (Wildman–Crippen LogP) is 3.30. The smallest absolute Gasteiger partial charge is 0.193 e. The summed E-state index contributed by atoms with van der Waals surface area (Å²) in [6.45, 7) is 7.18. The van der Waals surface area contributed by atoms with Crippen molar-refractivity contribution in [2.45, 2.75) is 33.2 Å². The zero-order chi connectivity index (χ0) is 14.8. The monoisotopic (exact) mass is 300 g/mol. The van der Waals surface area contributed by atoms with Crippen molar-refractivity contribution in [1.29, 1.82) is 0 Å². The highest BCUT2D eigenvalue weighted by molar-refractivity contribution is 7.15. The molecule has 3 heterocycles. The minimum absolute atomic E-state index is 0.257. The zero-order valence-electron chi connectivity index (χ0n) is 12.6. The van der Waals surface area contributed by atoms with Crippen molar-refractivity contribution >= 4 is 16.3 Å². The highest BCUT2D eigenvalue weighted by Gasteiger charge is 2.16. The Balaban J connectivity index is 1.88. The third-order valence-corrected chi connectivity index (χ3v) is 4.42. The number of nitrogens with one attached hydrogen (secondary N) is 1. The number of rotatable bonds is 5. The van der Waals surface area contributed by atoms with Gasteiger partial charge in [0.05, 0.1) is 5.69 Å². The van der Waals surface area contributed by atoms with Gasteiger partial charge < -0.3 is 5.32 Å². The second-order valence-corrected chi connectivity index (χ2v) is 6.14. The van der Waals surface area contributed by atoms with Crippen LogP contribution in [0.15, 0.2) is 29.9 Å². The van der Waals surface area contributed by atoms with Gasteiger partial charge in [0, 0.05) is 41.6 Å². The first-order valence-electron chi connectivity index (χ1n) is 7.26. The van der Waals surface area contributed by atoms with E-state index in [4.69, 9.17) is 0 Å². The largest absolute Gasteiger partial charge is 0.310 e. The average molecular weight is 300 g/mol. The van der Waals surface area contributed by atoms with Crippen LogP contribution in [0.4, 0.5) is 0 Å². The molecule has 0 aromatic carbocycles. The van der Waals surface area contributed by atoms with E-state index in [2.05, 4.69) is 63.4 Å². The van der Waals surface area contributed by atoms with E-state index >= 15 is 0 Å². The van der Waals surface area contributed by atoms with Gasteiger partial charge in [-0.05, 0) is 32.0 Å². The van der Waals surface area contributed by atoms with Gasteiger partial charge in [0.1, 0.15) is 0 Å². The molecule has 0 spiro atoms. The second-order valence-electron chi connectivity index (χ2n) is 5.27. The van der Waals surface area contributed by atoms with E-state index in [-0.39, 0.29) is 6.04 Å². The molecule has 3 rings (SSSR count). The molecular weight excluding hydrogens is 280 g/mol. The molecule has 0 radical (unpaired) electrons. The molecular formula is C16H20N4S. The van der Waals surface area contributed by atoms with Gasteiger partial charge in [-0.25, -0.2) is 4.98 Å². The number of pyridine rings is 1. The average Bonchev–Trinajstić information content (AvgIpc) is 2.99. The number of nitrogens with zero attached hydrogens (tertiary/aromatic N) is 3. The summed E-state index contributed by atoms with van der Waals surface area (Å²) in [7, 11) is 0. The van der Waals surface area contributed by atoms with Crippen LogP contribution in [0.5, 0.6) is 0 Å². The van der Waals surface area contributed by atoms with E-state index in [1.54, 1.807) is 11.3 Å². The van der Waals surface area contributed by atoms with Gasteiger partial charge in [0.25, 0.3) is 0 Å². The number of fused-ring (bicyclic) bond motifs is 1. The number of imidazole rings is 1. The van der Waals surface area contributed by atoms with E-state index in [9.17, 15) is 0 Å². The van der Waals surface area contributed by atoms with Crippen molar-refractivity contribution in [3.8, 4) is 0 Å².